The lowest BCUT2D eigenvalue weighted by Gasteiger charge is -2.33. The zero-order valence-corrected chi connectivity index (χ0v) is 17.0. The summed E-state index contributed by atoms with van der Waals surface area (Å²) in [5, 5.41) is 2.07. The monoisotopic (exact) mass is 414 g/mol. The second-order valence-electron chi connectivity index (χ2n) is 7.82. The number of carbonyl (C=O) groups is 3. The fourth-order valence-electron chi connectivity index (χ4n) is 4.45. The van der Waals surface area contributed by atoms with Gasteiger partial charge in [0.25, 0.3) is 11.8 Å². The number of hydrogen-bond acceptors (Lipinski definition) is 4. The van der Waals surface area contributed by atoms with Gasteiger partial charge in [-0.3, -0.25) is 19.3 Å². The number of ether oxygens (including phenoxy) is 1. The van der Waals surface area contributed by atoms with Crippen LogP contribution in [0.3, 0.4) is 0 Å². The highest BCUT2D eigenvalue weighted by molar-refractivity contribution is 6.22. The number of fused-ring (bicyclic) bond motifs is 2. The number of morpholine rings is 1. The first kappa shape index (κ1) is 19.5. The van der Waals surface area contributed by atoms with Crippen LogP contribution in [0.5, 0.6) is 0 Å². The summed E-state index contributed by atoms with van der Waals surface area (Å²) < 4.78 is 5.38. The minimum absolute atomic E-state index is 0.217. The van der Waals surface area contributed by atoms with Crippen LogP contribution in [0.4, 0.5) is 0 Å². The van der Waals surface area contributed by atoms with Gasteiger partial charge in [-0.15, -0.1) is 0 Å². The van der Waals surface area contributed by atoms with E-state index in [4.69, 9.17) is 4.74 Å². The van der Waals surface area contributed by atoms with Gasteiger partial charge in [0.05, 0.1) is 24.3 Å². The van der Waals surface area contributed by atoms with Crippen LogP contribution in [-0.2, 0) is 16.0 Å². The summed E-state index contributed by atoms with van der Waals surface area (Å²) >= 11 is 0. The van der Waals surface area contributed by atoms with Crippen molar-refractivity contribution < 1.29 is 19.1 Å². The van der Waals surface area contributed by atoms with Gasteiger partial charge in [-0.05, 0) is 28.5 Å². The molecule has 0 N–H and O–H groups in total. The Balaban J connectivity index is 1.56. The van der Waals surface area contributed by atoms with Gasteiger partial charge >= 0.3 is 0 Å². The van der Waals surface area contributed by atoms with Gasteiger partial charge in [0.15, 0.2) is 0 Å². The maximum Gasteiger partial charge on any atom is 0.262 e. The zero-order chi connectivity index (χ0) is 21.4. The Labute approximate surface area is 180 Å². The van der Waals surface area contributed by atoms with Crippen LogP contribution in [0.25, 0.3) is 10.8 Å². The Bertz CT molecular complexity index is 1140. The average Bonchev–Trinajstić information content (AvgIpc) is 3.08. The fourth-order valence-corrected chi connectivity index (χ4v) is 4.45. The summed E-state index contributed by atoms with van der Waals surface area (Å²) in [5.74, 6) is -1.04. The third-order valence-corrected chi connectivity index (χ3v) is 6.04. The first-order chi connectivity index (χ1) is 15.1. The van der Waals surface area contributed by atoms with Crippen molar-refractivity contribution in [3.63, 3.8) is 0 Å². The topological polar surface area (TPSA) is 66.9 Å². The molecule has 0 aromatic heterocycles. The van der Waals surface area contributed by atoms with Gasteiger partial charge in [-0.2, -0.15) is 0 Å². The fraction of sp³-hybridized carbons (Fsp3) is 0.240. The summed E-state index contributed by atoms with van der Waals surface area (Å²) in [4.78, 5) is 42.8. The van der Waals surface area contributed by atoms with Crippen LogP contribution in [0.2, 0.25) is 0 Å². The smallest absolute Gasteiger partial charge is 0.262 e. The molecule has 6 nitrogen and oxygen atoms in total. The molecule has 0 saturated carbocycles. The van der Waals surface area contributed by atoms with Gasteiger partial charge < -0.3 is 9.64 Å². The van der Waals surface area contributed by atoms with E-state index in [1.807, 2.05) is 42.5 Å². The lowest BCUT2D eigenvalue weighted by Crippen LogP contribution is -2.54. The molecule has 31 heavy (non-hydrogen) atoms. The summed E-state index contributed by atoms with van der Waals surface area (Å²) in [5.41, 5.74) is 1.64. The van der Waals surface area contributed by atoms with Crippen molar-refractivity contribution in [1.29, 1.82) is 0 Å². The first-order valence-corrected chi connectivity index (χ1v) is 10.5. The average molecular weight is 414 g/mol. The number of imide groups is 1. The predicted octanol–water partition coefficient (Wildman–Crippen LogP) is 2.91. The van der Waals surface area contributed by atoms with E-state index in [0.717, 1.165) is 21.2 Å². The van der Waals surface area contributed by atoms with Crippen molar-refractivity contribution in [2.24, 2.45) is 0 Å². The minimum Gasteiger partial charge on any atom is -0.378 e. The van der Waals surface area contributed by atoms with Gasteiger partial charge in [0, 0.05) is 19.5 Å². The third-order valence-electron chi connectivity index (χ3n) is 6.04. The molecule has 1 atom stereocenters. The molecule has 0 spiro atoms. The van der Waals surface area contributed by atoms with E-state index in [1.165, 1.54) is 0 Å². The van der Waals surface area contributed by atoms with Gasteiger partial charge in [0.1, 0.15) is 6.04 Å². The van der Waals surface area contributed by atoms with E-state index < -0.39 is 17.9 Å². The van der Waals surface area contributed by atoms with Crippen LogP contribution in [0.15, 0.2) is 66.7 Å². The van der Waals surface area contributed by atoms with Crippen molar-refractivity contribution in [2.75, 3.05) is 26.3 Å². The normalized spacial score (nSPS) is 17.2. The molecule has 1 saturated heterocycles. The molecule has 5 rings (SSSR count). The standard InChI is InChI=1S/C25H22N2O4/c28-23-20-10-3-4-11-21(20)24(29)27(23)22(25(30)26-12-14-31-15-13-26)16-18-8-5-7-17-6-1-2-9-19(17)18/h1-11,22H,12-16H2. The second-order valence-corrected chi connectivity index (χ2v) is 7.82. The summed E-state index contributed by atoms with van der Waals surface area (Å²) in [6.07, 6.45) is 0.267. The van der Waals surface area contributed by atoms with E-state index in [2.05, 4.69) is 0 Å². The Morgan fingerprint density at radius 2 is 1.45 bits per heavy atom. The molecular formula is C25H22N2O4. The Hall–Kier alpha value is -3.51. The molecule has 0 bridgehead atoms. The number of amides is 3. The minimum atomic E-state index is -0.906. The quantitative estimate of drug-likeness (QED) is 0.616. The summed E-state index contributed by atoms with van der Waals surface area (Å²) in [6, 6.07) is 19.7. The number of carbonyl (C=O) groups excluding carboxylic acids is 3. The highest BCUT2D eigenvalue weighted by Crippen LogP contribution is 2.28. The molecule has 2 heterocycles. The molecule has 3 aromatic carbocycles. The van der Waals surface area contributed by atoms with Gasteiger partial charge in [0.2, 0.25) is 5.91 Å². The number of benzene rings is 3. The van der Waals surface area contributed by atoms with Crippen LogP contribution in [0, 0.1) is 0 Å². The highest BCUT2D eigenvalue weighted by atomic mass is 16.5. The Morgan fingerprint density at radius 3 is 2.16 bits per heavy atom. The van der Waals surface area contributed by atoms with Crippen molar-refractivity contribution in [1.82, 2.24) is 9.80 Å². The summed E-state index contributed by atoms with van der Waals surface area (Å²) in [6.45, 7) is 1.81. The van der Waals surface area contributed by atoms with Crippen molar-refractivity contribution in [2.45, 2.75) is 12.5 Å². The Morgan fingerprint density at radius 1 is 0.839 bits per heavy atom. The van der Waals surface area contributed by atoms with Gasteiger partial charge in [-0.25, -0.2) is 0 Å². The Kier molecular flexibility index (Phi) is 5.00. The van der Waals surface area contributed by atoms with Crippen molar-refractivity contribution in [3.05, 3.63) is 83.4 Å². The molecule has 0 radical (unpaired) electrons. The molecule has 2 aliphatic rings. The van der Waals surface area contributed by atoms with Crippen molar-refractivity contribution >= 4 is 28.5 Å². The molecule has 1 unspecified atom stereocenters. The molecule has 2 aliphatic heterocycles. The molecule has 3 amide bonds. The molecule has 3 aromatic rings. The summed E-state index contributed by atoms with van der Waals surface area (Å²) in [7, 11) is 0. The zero-order valence-electron chi connectivity index (χ0n) is 17.0. The largest absolute Gasteiger partial charge is 0.378 e. The molecule has 6 heteroatoms. The predicted molar refractivity (Wildman–Crippen MR) is 116 cm³/mol. The van der Waals surface area contributed by atoms with E-state index in [0.29, 0.717) is 37.4 Å². The van der Waals surface area contributed by atoms with Crippen LogP contribution >= 0.6 is 0 Å². The lowest BCUT2D eigenvalue weighted by molar-refractivity contribution is -0.139. The second kappa shape index (κ2) is 7.96. The maximum absolute atomic E-state index is 13.6. The maximum atomic E-state index is 13.6. The van der Waals surface area contributed by atoms with Crippen LogP contribution < -0.4 is 0 Å². The molecular weight excluding hydrogens is 392 g/mol. The molecule has 0 aliphatic carbocycles. The third kappa shape index (κ3) is 3.39. The van der Waals surface area contributed by atoms with Crippen molar-refractivity contribution in [3.8, 4) is 0 Å². The van der Waals surface area contributed by atoms with E-state index >= 15 is 0 Å². The number of nitrogens with zero attached hydrogens (tertiary/aromatic N) is 2. The SMILES string of the molecule is O=C(C(Cc1cccc2ccccc12)N1C(=O)c2ccccc2C1=O)N1CCOCC1. The van der Waals surface area contributed by atoms with Crippen LogP contribution in [0.1, 0.15) is 26.3 Å². The van der Waals surface area contributed by atoms with Gasteiger partial charge in [-0.1, -0.05) is 54.6 Å². The van der Waals surface area contributed by atoms with Crippen LogP contribution in [-0.4, -0.2) is 59.9 Å². The number of hydrogen-bond donors (Lipinski definition) is 0. The van der Waals surface area contributed by atoms with E-state index in [-0.39, 0.29) is 12.3 Å². The van der Waals surface area contributed by atoms with E-state index in [9.17, 15) is 14.4 Å². The van der Waals surface area contributed by atoms with E-state index in [1.54, 1.807) is 29.2 Å². The molecule has 156 valence electrons. The highest BCUT2D eigenvalue weighted by Gasteiger charge is 2.44. The number of rotatable bonds is 4. The first-order valence-electron chi connectivity index (χ1n) is 10.5. The molecule has 1 fully saturated rings. The lowest BCUT2D eigenvalue weighted by atomic mass is 9.97.